The maximum absolute atomic E-state index is 11.8. The second-order valence-electron chi connectivity index (χ2n) is 6.74. The smallest absolute Gasteiger partial charge is 0.321 e. The number of carbonyl (C=O) groups is 1. The highest BCUT2D eigenvalue weighted by Gasteiger charge is 2.41. The molecule has 22 heavy (non-hydrogen) atoms. The molecule has 2 rings (SSSR count). The lowest BCUT2D eigenvalue weighted by Crippen LogP contribution is -2.55. The number of piperidine rings is 1. The van der Waals surface area contributed by atoms with E-state index in [-0.39, 0.29) is 5.92 Å². The number of benzene rings is 1. The number of nitrogens with zero attached hydrogens (tertiary/aromatic N) is 1. The van der Waals surface area contributed by atoms with Gasteiger partial charge in [0.15, 0.2) is 0 Å². The predicted octanol–water partition coefficient (Wildman–Crippen LogP) is 2.41. The van der Waals surface area contributed by atoms with Crippen LogP contribution in [-0.4, -0.2) is 45.7 Å². The molecule has 122 valence electrons. The van der Waals surface area contributed by atoms with E-state index in [1.54, 1.807) is 4.90 Å². The highest BCUT2D eigenvalue weighted by Crippen LogP contribution is 2.34. The van der Waals surface area contributed by atoms with E-state index in [4.69, 9.17) is 4.74 Å². The third-order valence-electron chi connectivity index (χ3n) is 3.89. The van der Waals surface area contributed by atoms with Gasteiger partial charge < -0.3 is 14.9 Å². The van der Waals surface area contributed by atoms with E-state index in [1.807, 2.05) is 51.1 Å². The first-order chi connectivity index (χ1) is 10.3. The maximum atomic E-state index is 11.8. The standard InChI is InChI=1S/C17H25NO4/c1-17(2,3)22-16(21)18-11-7-10-13(14(18)15(19)20)12-8-5-4-6-9-12/h4-6,8-9,13-14,16,21H,7,10-11H2,1-3H3,(H,19,20). The monoisotopic (exact) mass is 307 g/mol. The lowest BCUT2D eigenvalue weighted by Gasteiger charge is -2.42. The van der Waals surface area contributed by atoms with Gasteiger partial charge in [0.2, 0.25) is 6.41 Å². The Morgan fingerprint density at radius 3 is 2.50 bits per heavy atom. The van der Waals surface area contributed by atoms with Crippen molar-refractivity contribution in [2.45, 2.75) is 57.6 Å². The normalized spacial score (nSPS) is 24.9. The lowest BCUT2D eigenvalue weighted by atomic mass is 9.83. The molecule has 0 amide bonds. The van der Waals surface area contributed by atoms with E-state index in [0.717, 1.165) is 18.4 Å². The van der Waals surface area contributed by atoms with Gasteiger partial charge in [-0.2, -0.15) is 0 Å². The quantitative estimate of drug-likeness (QED) is 0.836. The number of ether oxygens (including phenoxy) is 1. The third-order valence-corrected chi connectivity index (χ3v) is 3.89. The summed E-state index contributed by atoms with van der Waals surface area (Å²) in [6.45, 7) is 6.03. The molecule has 5 heteroatoms. The van der Waals surface area contributed by atoms with Gasteiger partial charge >= 0.3 is 5.97 Å². The third kappa shape index (κ3) is 4.06. The second-order valence-corrected chi connectivity index (χ2v) is 6.74. The van der Waals surface area contributed by atoms with Crippen LogP contribution in [0.5, 0.6) is 0 Å². The first kappa shape index (κ1) is 16.9. The Bertz CT molecular complexity index is 497. The highest BCUT2D eigenvalue weighted by molar-refractivity contribution is 5.75. The molecule has 1 aromatic rings. The van der Waals surface area contributed by atoms with Crippen molar-refractivity contribution in [1.82, 2.24) is 4.90 Å². The lowest BCUT2D eigenvalue weighted by molar-refractivity contribution is -0.254. The molecule has 0 saturated carbocycles. The Morgan fingerprint density at radius 1 is 1.32 bits per heavy atom. The van der Waals surface area contributed by atoms with Crippen LogP contribution in [0.15, 0.2) is 30.3 Å². The van der Waals surface area contributed by atoms with E-state index in [1.165, 1.54) is 0 Å². The van der Waals surface area contributed by atoms with Crippen molar-refractivity contribution in [2.24, 2.45) is 0 Å². The van der Waals surface area contributed by atoms with Crippen LogP contribution in [0.25, 0.3) is 0 Å². The molecule has 1 aromatic carbocycles. The fourth-order valence-electron chi connectivity index (χ4n) is 3.02. The van der Waals surface area contributed by atoms with Gasteiger partial charge in [0.1, 0.15) is 6.04 Å². The highest BCUT2D eigenvalue weighted by atomic mass is 16.6. The predicted molar refractivity (Wildman–Crippen MR) is 83.4 cm³/mol. The largest absolute Gasteiger partial charge is 0.480 e. The van der Waals surface area contributed by atoms with Gasteiger partial charge in [0.05, 0.1) is 5.60 Å². The number of aliphatic carboxylic acids is 1. The number of carboxylic acids is 1. The van der Waals surface area contributed by atoms with Crippen molar-refractivity contribution in [3.8, 4) is 0 Å². The Labute approximate surface area is 131 Å². The Morgan fingerprint density at radius 2 is 1.95 bits per heavy atom. The van der Waals surface area contributed by atoms with Crippen LogP contribution >= 0.6 is 0 Å². The maximum Gasteiger partial charge on any atom is 0.321 e. The molecule has 1 aliphatic rings. The van der Waals surface area contributed by atoms with Crippen LogP contribution in [0.3, 0.4) is 0 Å². The van der Waals surface area contributed by atoms with E-state index in [0.29, 0.717) is 6.54 Å². The summed E-state index contributed by atoms with van der Waals surface area (Å²) in [5, 5.41) is 20.0. The first-order valence-corrected chi connectivity index (χ1v) is 7.69. The average Bonchev–Trinajstić information content (AvgIpc) is 2.45. The van der Waals surface area contributed by atoms with Crippen LogP contribution < -0.4 is 0 Å². The van der Waals surface area contributed by atoms with Gasteiger partial charge in [-0.3, -0.25) is 4.79 Å². The number of hydrogen-bond acceptors (Lipinski definition) is 4. The number of likely N-dealkylation sites (tertiary alicyclic amines) is 1. The van der Waals surface area contributed by atoms with Crippen molar-refractivity contribution in [3.05, 3.63) is 35.9 Å². The second kappa shape index (κ2) is 6.77. The minimum atomic E-state index is -1.22. The summed E-state index contributed by atoms with van der Waals surface area (Å²) in [5.74, 6) is -1.07. The van der Waals surface area contributed by atoms with Crippen LogP contribution in [-0.2, 0) is 9.53 Å². The summed E-state index contributed by atoms with van der Waals surface area (Å²) in [6, 6.07) is 8.85. The number of aliphatic hydroxyl groups is 1. The van der Waals surface area contributed by atoms with Gasteiger partial charge in [-0.05, 0) is 39.2 Å². The Balaban J connectivity index is 2.25. The minimum Gasteiger partial charge on any atom is -0.480 e. The molecule has 2 N–H and O–H groups in total. The zero-order valence-electron chi connectivity index (χ0n) is 13.4. The molecular formula is C17H25NO4. The fourth-order valence-corrected chi connectivity index (χ4v) is 3.02. The summed E-state index contributed by atoms with van der Waals surface area (Å²) in [5.41, 5.74) is 0.449. The summed E-state index contributed by atoms with van der Waals surface area (Å²) in [4.78, 5) is 13.4. The molecule has 1 fully saturated rings. The average molecular weight is 307 g/mol. The topological polar surface area (TPSA) is 70.0 Å². The number of aliphatic hydroxyl groups excluding tert-OH is 1. The minimum absolute atomic E-state index is 0.148. The van der Waals surface area contributed by atoms with Gasteiger partial charge in [-0.15, -0.1) is 0 Å². The van der Waals surface area contributed by atoms with Gasteiger partial charge in [-0.1, -0.05) is 30.3 Å². The molecule has 0 aliphatic carbocycles. The summed E-state index contributed by atoms with van der Waals surface area (Å²) >= 11 is 0. The van der Waals surface area contributed by atoms with E-state index >= 15 is 0 Å². The molecule has 3 atom stereocenters. The van der Waals surface area contributed by atoms with Crippen molar-refractivity contribution < 1.29 is 19.7 Å². The summed E-state index contributed by atoms with van der Waals surface area (Å²) < 4.78 is 5.56. The van der Waals surface area contributed by atoms with Crippen LogP contribution in [0.1, 0.15) is 45.1 Å². The van der Waals surface area contributed by atoms with Gasteiger partial charge in [-0.25, -0.2) is 4.90 Å². The molecule has 3 unspecified atom stereocenters. The summed E-state index contributed by atoms with van der Waals surface area (Å²) in [7, 11) is 0. The first-order valence-electron chi connectivity index (χ1n) is 7.69. The van der Waals surface area contributed by atoms with E-state index < -0.39 is 24.0 Å². The SMILES string of the molecule is CC(C)(C)OC(O)N1CCCC(c2ccccc2)C1C(=O)O. The molecule has 0 aromatic heterocycles. The molecule has 0 bridgehead atoms. The zero-order chi connectivity index (χ0) is 16.3. The molecule has 0 spiro atoms. The van der Waals surface area contributed by atoms with E-state index in [2.05, 4.69) is 0 Å². The van der Waals surface area contributed by atoms with Crippen molar-refractivity contribution in [3.63, 3.8) is 0 Å². The van der Waals surface area contributed by atoms with Crippen LogP contribution in [0.2, 0.25) is 0 Å². The number of rotatable bonds is 4. The molecule has 0 radical (unpaired) electrons. The number of carboxylic acid groups (broad SMARTS) is 1. The Hall–Kier alpha value is -1.43. The van der Waals surface area contributed by atoms with Crippen molar-refractivity contribution >= 4 is 5.97 Å². The van der Waals surface area contributed by atoms with Gasteiger partial charge in [0, 0.05) is 12.5 Å². The van der Waals surface area contributed by atoms with Gasteiger partial charge in [0.25, 0.3) is 0 Å². The molecule has 1 saturated heterocycles. The molecule has 1 heterocycles. The fraction of sp³-hybridized carbons (Fsp3) is 0.588. The summed E-state index contributed by atoms with van der Waals surface area (Å²) in [6.07, 6.45) is 0.403. The molecular weight excluding hydrogens is 282 g/mol. The zero-order valence-corrected chi connectivity index (χ0v) is 13.4. The molecule has 5 nitrogen and oxygen atoms in total. The van der Waals surface area contributed by atoms with Crippen molar-refractivity contribution in [2.75, 3.05) is 6.54 Å². The van der Waals surface area contributed by atoms with Crippen molar-refractivity contribution in [1.29, 1.82) is 0 Å². The molecule has 1 aliphatic heterocycles. The van der Waals surface area contributed by atoms with E-state index in [9.17, 15) is 15.0 Å². The number of hydrogen-bond donors (Lipinski definition) is 2. The Kier molecular flexibility index (Phi) is 5.21. The van der Waals surface area contributed by atoms with Crippen LogP contribution in [0, 0.1) is 0 Å². The van der Waals surface area contributed by atoms with Crippen LogP contribution in [0.4, 0.5) is 0 Å².